The van der Waals surface area contributed by atoms with Crippen LogP contribution in [-0.4, -0.2) is 36.4 Å². The van der Waals surface area contributed by atoms with Crippen molar-refractivity contribution in [1.29, 1.82) is 0 Å². The average Bonchev–Trinajstić information content (AvgIpc) is 3.08. The summed E-state index contributed by atoms with van der Waals surface area (Å²) in [6.07, 6.45) is 1.61. The normalized spacial score (nSPS) is 11.5. The molecule has 31 heavy (non-hydrogen) atoms. The number of H-pyrrole nitrogens is 1. The van der Waals surface area contributed by atoms with Crippen molar-refractivity contribution in [3.05, 3.63) is 56.8 Å². The zero-order valence-corrected chi connectivity index (χ0v) is 18.6. The maximum Gasteiger partial charge on any atom is 0.253 e. The fourth-order valence-electron chi connectivity index (χ4n) is 3.23. The smallest absolute Gasteiger partial charge is 0.253 e. The summed E-state index contributed by atoms with van der Waals surface area (Å²) in [5.74, 6) is 5.20. The number of aryl methyl sites for hydroxylation is 2. The highest BCUT2D eigenvalue weighted by Crippen LogP contribution is 2.21. The van der Waals surface area contributed by atoms with Crippen LogP contribution in [0.1, 0.15) is 66.6 Å². The van der Waals surface area contributed by atoms with Crippen LogP contribution >= 0.6 is 0 Å². The number of carbonyl (C=O) groups excluding carboxylic acids is 1. The van der Waals surface area contributed by atoms with Gasteiger partial charge in [0.15, 0.2) is 5.65 Å². The first-order valence-corrected chi connectivity index (χ1v) is 10.1. The van der Waals surface area contributed by atoms with Crippen molar-refractivity contribution in [2.24, 2.45) is 0 Å². The van der Waals surface area contributed by atoms with Crippen molar-refractivity contribution in [2.45, 2.75) is 59.7 Å². The Hall–Kier alpha value is -3.44. The quantitative estimate of drug-likeness (QED) is 0.560. The second-order valence-electron chi connectivity index (χ2n) is 8.41. The number of amides is 1. The van der Waals surface area contributed by atoms with E-state index in [4.69, 9.17) is 0 Å². The molecule has 0 spiro atoms. The molecule has 0 saturated heterocycles. The fourth-order valence-corrected chi connectivity index (χ4v) is 3.23. The van der Waals surface area contributed by atoms with Gasteiger partial charge in [0.05, 0.1) is 17.1 Å². The topological polar surface area (TPSA) is 113 Å². The summed E-state index contributed by atoms with van der Waals surface area (Å²) in [5, 5.41) is 17.7. The molecule has 0 aromatic carbocycles. The van der Waals surface area contributed by atoms with E-state index in [0.29, 0.717) is 27.9 Å². The third-order valence-electron chi connectivity index (χ3n) is 4.72. The first-order valence-electron chi connectivity index (χ1n) is 10.1. The van der Waals surface area contributed by atoms with Crippen molar-refractivity contribution < 1.29 is 9.90 Å². The summed E-state index contributed by atoms with van der Waals surface area (Å²) < 4.78 is 1.72. The van der Waals surface area contributed by atoms with Crippen LogP contribution < -0.4 is 10.9 Å². The third kappa shape index (κ3) is 5.01. The highest BCUT2D eigenvalue weighted by molar-refractivity contribution is 6.05. The molecule has 0 bridgehead atoms. The second kappa shape index (κ2) is 8.36. The largest absolute Gasteiger partial charge is 0.378 e. The number of hydrogen-bond acceptors (Lipinski definition) is 5. The van der Waals surface area contributed by atoms with Crippen LogP contribution in [0.15, 0.2) is 23.1 Å². The average molecular weight is 422 g/mol. The first-order chi connectivity index (χ1) is 14.5. The lowest BCUT2D eigenvalue weighted by molar-refractivity contribution is 0.0952. The van der Waals surface area contributed by atoms with E-state index in [0.717, 1.165) is 11.3 Å². The number of carbonyl (C=O) groups is 1. The van der Waals surface area contributed by atoms with Crippen molar-refractivity contribution >= 4 is 16.9 Å². The predicted molar refractivity (Wildman–Crippen MR) is 119 cm³/mol. The Labute approximate surface area is 180 Å². The lowest BCUT2D eigenvalue weighted by Gasteiger charge is -2.11. The molecule has 3 aromatic heterocycles. The van der Waals surface area contributed by atoms with Gasteiger partial charge in [0, 0.05) is 23.8 Å². The fraction of sp³-hybridized carbons (Fsp3) is 0.391. The molecular weight excluding hydrogens is 394 g/mol. The van der Waals surface area contributed by atoms with Gasteiger partial charge < -0.3 is 15.4 Å². The number of nitrogens with one attached hydrogen (secondary N) is 2. The van der Waals surface area contributed by atoms with Crippen LogP contribution in [0.5, 0.6) is 0 Å². The Morgan fingerprint density at radius 1 is 1.32 bits per heavy atom. The molecule has 0 fully saturated rings. The molecule has 0 radical (unpaired) electrons. The Balaban J connectivity index is 2.02. The molecule has 0 saturated carbocycles. The Morgan fingerprint density at radius 3 is 2.65 bits per heavy atom. The molecule has 1 amide bonds. The summed E-state index contributed by atoms with van der Waals surface area (Å²) in [5.41, 5.74) is 1.92. The highest BCUT2D eigenvalue weighted by atomic mass is 16.3. The molecule has 0 aliphatic rings. The Morgan fingerprint density at radius 2 is 2.03 bits per heavy atom. The zero-order chi connectivity index (χ0) is 22.9. The molecule has 3 rings (SSSR count). The number of aromatic amines is 1. The van der Waals surface area contributed by atoms with Crippen LogP contribution in [0.4, 0.5) is 0 Å². The molecule has 3 N–H and O–H groups in total. The van der Waals surface area contributed by atoms with E-state index in [1.165, 1.54) is 0 Å². The van der Waals surface area contributed by atoms with E-state index >= 15 is 0 Å². The van der Waals surface area contributed by atoms with E-state index in [1.54, 1.807) is 30.8 Å². The first kappa shape index (κ1) is 22.2. The van der Waals surface area contributed by atoms with Crippen LogP contribution in [0.2, 0.25) is 0 Å². The van der Waals surface area contributed by atoms with Crippen LogP contribution in [0.3, 0.4) is 0 Å². The number of fused-ring (bicyclic) bond motifs is 1. The standard InChI is InChI=1S/C23H27N5O3/c1-13(2)28-20-19(12-25-28)17(10-16(27-20)7-8-23(5,6)31)21(29)24-11-18-14(3)9-15(4)26-22(18)30/h9-10,12-13,31H,11H2,1-6H3,(H,24,29)(H,26,30). The van der Waals surface area contributed by atoms with E-state index < -0.39 is 5.60 Å². The molecule has 8 heteroatoms. The van der Waals surface area contributed by atoms with Gasteiger partial charge in [-0.3, -0.25) is 9.59 Å². The lowest BCUT2D eigenvalue weighted by Crippen LogP contribution is -2.28. The second-order valence-corrected chi connectivity index (χ2v) is 8.41. The number of rotatable bonds is 4. The van der Waals surface area contributed by atoms with Gasteiger partial charge >= 0.3 is 0 Å². The highest BCUT2D eigenvalue weighted by Gasteiger charge is 2.18. The van der Waals surface area contributed by atoms with Gasteiger partial charge in [-0.25, -0.2) is 9.67 Å². The maximum atomic E-state index is 13.1. The Bertz CT molecular complexity index is 1270. The van der Waals surface area contributed by atoms with Gasteiger partial charge in [-0.15, -0.1) is 0 Å². The van der Waals surface area contributed by atoms with E-state index in [2.05, 4.69) is 32.2 Å². The van der Waals surface area contributed by atoms with Crippen molar-refractivity contribution in [2.75, 3.05) is 0 Å². The molecule has 0 unspecified atom stereocenters. The summed E-state index contributed by atoms with van der Waals surface area (Å²) in [4.78, 5) is 32.6. The summed E-state index contributed by atoms with van der Waals surface area (Å²) >= 11 is 0. The number of aliphatic hydroxyl groups is 1. The van der Waals surface area contributed by atoms with Crippen LogP contribution in [-0.2, 0) is 6.54 Å². The zero-order valence-electron chi connectivity index (χ0n) is 18.6. The Kier molecular flexibility index (Phi) is 6.00. The number of pyridine rings is 2. The van der Waals surface area contributed by atoms with Gasteiger partial charge in [0.2, 0.25) is 0 Å². The van der Waals surface area contributed by atoms with Gasteiger partial charge in [-0.2, -0.15) is 5.10 Å². The molecule has 162 valence electrons. The minimum atomic E-state index is -1.19. The molecule has 8 nitrogen and oxygen atoms in total. The maximum absolute atomic E-state index is 13.1. The van der Waals surface area contributed by atoms with Gasteiger partial charge in [0.1, 0.15) is 11.3 Å². The van der Waals surface area contributed by atoms with Crippen molar-refractivity contribution in [3.63, 3.8) is 0 Å². The minimum Gasteiger partial charge on any atom is -0.378 e. The molecule has 0 aliphatic heterocycles. The summed E-state index contributed by atoms with van der Waals surface area (Å²) in [6.45, 7) is 10.8. The summed E-state index contributed by atoms with van der Waals surface area (Å²) in [6, 6.07) is 3.48. The van der Waals surface area contributed by atoms with Gasteiger partial charge in [-0.1, -0.05) is 5.92 Å². The van der Waals surface area contributed by atoms with Crippen LogP contribution in [0, 0.1) is 25.7 Å². The SMILES string of the molecule is Cc1cc(C)c(CNC(=O)c2cc(C#CC(C)(C)O)nc3c2cnn3C(C)C)c(=O)[nH]1. The number of nitrogens with zero attached hydrogens (tertiary/aromatic N) is 3. The van der Waals surface area contributed by atoms with Crippen molar-refractivity contribution in [1.82, 2.24) is 25.1 Å². The van der Waals surface area contributed by atoms with E-state index in [9.17, 15) is 14.7 Å². The van der Waals surface area contributed by atoms with Crippen molar-refractivity contribution in [3.8, 4) is 11.8 Å². The van der Waals surface area contributed by atoms with Gasteiger partial charge in [-0.05, 0) is 65.2 Å². The lowest BCUT2D eigenvalue weighted by atomic mass is 10.1. The predicted octanol–water partition coefficient (Wildman–Crippen LogP) is 2.37. The van der Waals surface area contributed by atoms with E-state index in [-0.39, 0.29) is 24.1 Å². The number of aromatic nitrogens is 4. The molecule has 3 heterocycles. The molecule has 0 aliphatic carbocycles. The van der Waals surface area contributed by atoms with Crippen LogP contribution in [0.25, 0.3) is 11.0 Å². The van der Waals surface area contributed by atoms with E-state index in [1.807, 2.05) is 33.8 Å². The third-order valence-corrected chi connectivity index (χ3v) is 4.72. The molecule has 0 atom stereocenters. The monoisotopic (exact) mass is 421 g/mol. The number of hydrogen-bond donors (Lipinski definition) is 3. The molecular formula is C23H27N5O3. The summed E-state index contributed by atoms with van der Waals surface area (Å²) in [7, 11) is 0. The molecule has 3 aromatic rings. The van der Waals surface area contributed by atoms with Gasteiger partial charge in [0.25, 0.3) is 11.5 Å². The minimum absolute atomic E-state index is 0.0344.